The average molecular weight is 333 g/mol. The first-order valence-corrected chi connectivity index (χ1v) is 9.18. The molecule has 0 saturated carbocycles. The van der Waals surface area contributed by atoms with Crippen molar-refractivity contribution in [3.63, 3.8) is 0 Å². The number of aromatic nitrogens is 3. The molecule has 25 heavy (non-hydrogen) atoms. The minimum Gasteiger partial charge on any atom is -0.248 e. The second-order valence-electron chi connectivity index (χ2n) is 6.55. The van der Waals surface area contributed by atoms with Gasteiger partial charge in [-0.05, 0) is 18.6 Å². The van der Waals surface area contributed by atoms with Crippen LogP contribution in [-0.4, -0.2) is 4.98 Å². The number of nitrogens with zero attached hydrogens (tertiary/aromatic N) is 3. The molecule has 0 aliphatic rings. The Labute approximate surface area is 150 Å². The van der Waals surface area contributed by atoms with Gasteiger partial charge in [0.1, 0.15) is 13.6 Å². The van der Waals surface area contributed by atoms with E-state index < -0.39 is 0 Å². The summed E-state index contributed by atoms with van der Waals surface area (Å²) in [6, 6.07) is 14.7. The third kappa shape index (κ3) is 4.72. The lowest BCUT2D eigenvalue weighted by atomic mass is 10.1. The molecule has 3 aromatic heterocycles. The molecule has 0 aromatic carbocycles. The first-order chi connectivity index (χ1) is 12.3. The predicted octanol–water partition coefficient (Wildman–Crippen LogP) is 4.11. The van der Waals surface area contributed by atoms with Crippen molar-refractivity contribution in [2.45, 2.75) is 39.2 Å². The second-order valence-corrected chi connectivity index (χ2v) is 6.55. The van der Waals surface area contributed by atoms with E-state index in [9.17, 15) is 0 Å². The van der Waals surface area contributed by atoms with Crippen LogP contribution < -0.4 is 9.13 Å². The highest BCUT2D eigenvalue weighted by Gasteiger charge is 2.07. The quantitative estimate of drug-likeness (QED) is 0.471. The van der Waals surface area contributed by atoms with Crippen molar-refractivity contribution in [2.24, 2.45) is 7.05 Å². The van der Waals surface area contributed by atoms with Crippen LogP contribution in [0.2, 0.25) is 0 Å². The number of hydrogen-bond donors (Lipinski definition) is 0. The largest absolute Gasteiger partial charge is 0.248 e. The number of aryl methyl sites for hydroxylation is 2. The summed E-state index contributed by atoms with van der Waals surface area (Å²) >= 11 is 0. The molecule has 0 N–H and O–H groups in total. The standard InChI is InChI=1S/C22H27N3/c1-3-4-5-6-14-25-17-12-20(13-18-25)22-9-7-8-21(23-22)19-10-15-24(2)16-11-19/h7-13,15-18H,3-6,14H2,1-2H3/q+2. The van der Waals surface area contributed by atoms with Crippen LogP contribution in [0.3, 0.4) is 0 Å². The van der Waals surface area contributed by atoms with Crippen LogP contribution in [0.25, 0.3) is 22.5 Å². The fraction of sp³-hybridized carbons (Fsp3) is 0.318. The van der Waals surface area contributed by atoms with Crippen LogP contribution in [0.15, 0.2) is 67.3 Å². The lowest BCUT2D eigenvalue weighted by molar-refractivity contribution is -0.697. The first-order valence-electron chi connectivity index (χ1n) is 9.18. The van der Waals surface area contributed by atoms with Gasteiger partial charge in [0.2, 0.25) is 0 Å². The topological polar surface area (TPSA) is 20.6 Å². The zero-order chi connectivity index (χ0) is 17.5. The summed E-state index contributed by atoms with van der Waals surface area (Å²) in [7, 11) is 2.02. The summed E-state index contributed by atoms with van der Waals surface area (Å²) in [4.78, 5) is 4.84. The molecular weight excluding hydrogens is 306 g/mol. The highest BCUT2D eigenvalue weighted by atomic mass is 14.9. The van der Waals surface area contributed by atoms with Crippen LogP contribution in [0.4, 0.5) is 0 Å². The maximum Gasteiger partial charge on any atom is 0.169 e. The molecule has 0 fully saturated rings. The van der Waals surface area contributed by atoms with Gasteiger partial charge < -0.3 is 0 Å². The Balaban J connectivity index is 1.73. The summed E-state index contributed by atoms with van der Waals surface area (Å²) in [5.41, 5.74) is 4.33. The van der Waals surface area contributed by atoms with E-state index in [0.29, 0.717) is 0 Å². The van der Waals surface area contributed by atoms with Crippen molar-refractivity contribution in [2.75, 3.05) is 0 Å². The monoisotopic (exact) mass is 333 g/mol. The number of unbranched alkanes of at least 4 members (excludes halogenated alkanes) is 3. The Morgan fingerprint density at radius 2 is 1.36 bits per heavy atom. The van der Waals surface area contributed by atoms with E-state index in [4.69, 9.17) is 4.98 Å². The smallest absolute Gasteiger partial charge is 0.169 e. The Hall–Kier alpha value is -2.55. The molecule has 0 aliphatic heterocycles. The van der Waals surface area contributed by atoms with Crippen molar-refractivity contribution in [1.82, 2.24) is 4.98 Å². The lowest BCUT2D eigenvalue weighted by Gasteiger charge is -2.04. The molecule has 0 radical (unpaired) electrons. The van der Waals surface area contributed by atoms with Crippen LogP contribution in [0.1, 0.15) is 32.6 Å². The van der Waals surface area contributed by atoms with E-state index in [1.54, 1.807) is 0 Å². The Morgan fingerprint density at radius 3 is 1.96 bits per heavy atom. The highest BCUT2D eigenvalue weighted by Crippen LogP contribution is 2.21. The van der Waals surface area contributed by atoms with Gasteiger partial charge in [0.25, 0.3) is 0 Å². The van der Waals surface area contributed by atoms with Crippen LogP contribution >= 0.6 is 0 Å². The van der Waals surface area contributed by atoms with Crippen LogP contribution in [0, 0.1) is 0 Å². The van der Waals surface area contributed by atoms with E-state index in [-0.39, 0.29) is 0 Å². The van der Waals surface area contributed by atoms with Crippen LogP contribution in [-0.2, 0) is 13.6 Å². The van der Waals surface area contributed by atoms with Gasteiger partial charge in [0.15, 0.2) is 24.8 Å². The molecule has 0 amide bonds. The number of rotatable bonds is 7. The minimum absolute atomic E-state index is 1.01. The molecule has 3 rings (SSSR count). The Bertz CT molecular complexity index is 792. The molecule has 128 valence electrons. The van der Waals surface area contributed by atoms with Gasteiger partial charge in [-0.1, -0.05) is 25.8 Å². The van der Waals surface area contributed by atoms with Crippen molar-refractivity contribution < 1.29 is 9.13 Å². The number of hydrogen-bond acceptors (Lipinski definition) is 1. The van der Waals surface area contributed by atoms with E-state index in [1.807, 2.05) is 24.0 Å². The molecule has 0 atom stereocenters. The van der Waals surface area contributed by atoms with Gasteiger partial charge in [-0.2, -0.15) is 0 Å². The molecule has 3 aromatic rings. The molecule has 0 bridgehead atoms. The molecule has 3 nitrogen and oxygen atoms in total. The predicted molar refractivity (Wildman–Crippen MR) is 101 cm³/mol. The second kappa shape index (κ2) is 8.52. The van der Waals surface area contributed by atoms with Crippen molar-refractivity contribution in [3.8, 4) is 22.5 Å². The average Bonchev–Trinajstić information content (AvgIpc) is 2.66. The molecule has 0 aliphatic carbocycles. The Morgan fingerprint density at radius 1 is 0.760 bits per heavy atom. The molecule has 0 spiro atoms. The van der Waals surface area contributed by atoms with E-state index >= 15 is 0 Å². The van der Waals surface area contributed by atoms with E-state index in [0.717, 1.165) is 29.1 Å². The van der Waals surface area contributed by atoms with Crippen molar-refractivity contribution in [1.29, 1.82) is 0 Å². The van der Waals surface area contributed by atoms with Gasteiger partial charge in [-0.3, -0.25) is 0 Å². The zero-order valence-corrected chi connectivity index (χ0v) is 15.2. The summed E-state index contributed by atoms with van der Waals surface area (Å²) in [6.45, 7) is 3.34. The first kappa shape index (κ1) is 17.3. The third-order valence-electron chi connectivity index (χ3n) is 4.48. The van der Waals surface area contributed by atoms with Gasteiger partial charge >= 0.3 is 0 Å². The highest BCUT2D eigenvalue weighted by molar-refractivity contribution is 5.64. The minimum atomic E-state index is 1.01. The molecular formula is C22H27N3+2. The lowest BCUT2D eigenvalue weighted by Crippen LogP contribution is -2.32. The van der Waals surface area contributed by atoms with Crippen molar-refractivity contribution >= 4 is 0 Å². The van der Waals surface area contributed by atoms with Gasteiger partial charge in [0, 0.05) is 41.8 Å². The molecule has 0 unspecified atom stereocenters. The zero-order valence-electron chi connectivity index (χ0n) is 15.2. The molecule has 0 saturated heterocycles. The van der Waals surface area contributed by atoms with Gasteiger partial charge in [-0.25, -0.2) is 14.1 Å². The fourth-order valence-electron chi connectivity index (χ4n) is 2.93. The molecule has 3 heteroatoms. The normalized spacial score (nSPS) is 10.8. The summed E-state index contributed by atoms with van der Waals surface area (Å²) in [6.07, 6.45) is 13.6. The SMILES string of the molecule is CCCCCC[n+]1ccc(-c2cccc(-c3cc[n+](C)cc3)n2)cc1. The number of pyridine rings is 3. The van der Waals surface area contributed by atoms with Crippen molar-refractivity contribution in [3.05, 3.63) is 67.3 Å². The van der Waals surface area contributed by atoms with Gasteiger partial charge in [-0.15, -0.1) is 0 Å². The molecule has 3 heterocycles. The summed E-state index contributed by atoms with van der Waals surface area (Å²) < 4.78 is 4.30. The fourth-order valence-corrected chi connectivity index (χ4v) is 2.93. The maximum atomic E-state index is 4.84. The third-order valence-corrected chi connectivity index (χ3v) is 4.48. The summed E-state index contributed by atoms with van der Waals surface area (Å²) in [5, 5.41) is 0. The maximum absolute atomic E-state index is 4.84. The van der Waals surface area contributed by atoms with Crippen LogP contribution in [0.5, 0.6) is 0 Å². The Kier molecular flexibility index (Phi) is 5.89. The van der Waals surface area contributed by atoms with Gasteiger partial charge in [0.05, 0.1) is 11.4 Å². The van der Waals surface area contributed by atoms with E-state index in [1.165, 1.54) is 25.7 Å². The summed E-state index contributed by atoms with van der Waals surface area (Å²) in [5.74, 6) is 0. The van der Waals surface area contributed by atoms with E-state index in [2.05, 4.69) is 66.3 Å².